The van der Waals surface area contributed by atoms with Gasteiger partial charge in [-0.05, 0) is 93.5 Å². The molecule has 4 rings (SSSR count). The Labute approximate surface area is 264 Å². The molecule has 44 heavy (non-hydrogen) atoms. The van der Waals surface area contributed by atoms with Crippen LogP contribution in [0.2, 0.25) is 0 Å². The van der Waals surface area contributed by atoms with Gasteiger partial charge in [-0.3, -0.25) is 4.79 Å². The van der Waals surface area contributed by atoms with E-state index in [0.29, 0.717) is 41.7 Å². The summed E-state index contributed by atoms with van der Waals surface area (Å²) in [5.74, 6) is 3.77. The molecule has 0 N–H and O–H groups in total. The van der Waals surface area contributed by atoms with E-state index in [1.807, 2.05) is 39.0 Å². The smallest absolute Gasteiger partial charge is 0.343 e. The minimum atomic E-state index is -0.388. The van der Waals surface area contributed by atoms with Crippen LogP contribution in [0.25, 0.3) is 0 Å². The van der Waals surface area contributed by atoms with E-state index in [-0.39, 0.29) is 28.7 Å². The van der Waals surface area contributed by atoms with E-state index in [0.717, 1.165) is 36.4 Å². The summed E-state index contributed by atoms with van der Waals surface area (Å²) < 4.78 is 18.2. The fourth-order valence-electron chi connectivity index (χ4n) is 5.64. The molecule has 0 spiro atoms. The van der Waals surface area contributed by atoms with E-state index < -0.39 is 0 Å². The molecular formula is C39H50O5. The maximum absolute atomic E-state index is 13.0. The predicted molar refractivity (Wildman–Crippen MR) is 177 cm³/mol. The molecule has 0 saturated carbocycles. The monoisotopic (exact) mass is 598 g/mol. The minimum absolute atomic E-state index is 0.103. The van der Waals surface area contributed by atoms with Crippen molar-refractivity contribution in [2.75, 3.05) is 0 Å². The second kappa shape index (κ2) is 13.6. The van der Waals surface area contributed by atoms with Crippen LogP contribution in [0.5, 0.6) is 5.75 Å². The van der Waals surface area contributed by atoms with E-state index >= 15 is 0 Å². The van der Waals surface area contributed by atoms with Crippen LogP contribution in [0.1, 0.15) is 105 Å². The first-order valence-electron chi connectivity index (χ1n) is 16.1. The van der Waals surface area contributed by atoms with E-state index in [1.54, 1.807) is 24.3 Å². The van der Waals surface area contributed by atoms with Gasteiger partial charge in [-0.1, -0.05) is 77.8 Å². The summed E-state index contributed by atoms with van der Waals surface area (Å²) in [6, 6.07) is 7.02. The van der Waals surface area contributed by atoms with E-state index in [4.69, 9.17) is 14.2 Å². The molecule has 0 saturated heterocycles. The number of ketones is 1. The summed E-state index contributed by atoms with van der Waals surface area (Å²) in [4.78, 5) is 25.5. The van der Waals surface area contributed by atoms with E-state index in [1.165, 1.54) is 11.1 Å². The van der Waals surface area contributed by atoms with Crippen LogP contribution in [-0.4, -0.2) is 17.4 Å². The highest BCUT2D eigenvalue weighted by Gasteiger charge is 2.29. The maximum Gasteiger partial charge on any atom is 0.343 e. The number of carbonyl (C=O) groups excluding carboxylic acids is 2. The molecule has 3 aliphatic carbocycles. The second-order valence-electron chi connectivity index (χ2n) is 14.2. The normalized spacial score (nSPS) is 21.5. The van der Waals surface area contributed by atoms with Gasteiger partial charge >= 0.3 is 5.97 Å². The molecule has 236 valence electrons. The molecule has 1 aromatic carbocycles. The molecule has 0 aromatic heterocycles. The quantitative estimate of drug-likeness (QED) is 0.251. The highest BCUT2D eigenvalue weighted by atomic mass is 16.5. The number of Topliss-reactive ketones (excluding diaryl/α,β-unsaturated/α-hetero) is 1. The Hall–Kier alpha value is -3.60. The van der Waals surface area contributed by atoms with Gasteiger partial charge in [0.25, 0.3) is 0 Å². The molecule has 0 fully saturated rings. The number of carbonyl (C=O) groups is 2. The lowest BCUT2D eigenvalue weighted by Crippen LogP contribution is -2.26. The first-order valence-corrected chi connectivity index (χ1v) is 16.1. The summed E-state index contributed by atoms with van der Waals surface area (Å²) in [5.41, 5.74) is 3.53. The lowest BCUT2D eigenvalue weighted by molar-refractivity contribution is -0.122. The zero-order chi connectivity index (χ0) is 32.2. The van der Waals surface area contributed by atoms with Crippen molar-refractivity contribution in [3.63, 3.8) is 0 Å². The molecule has 3 aliphatic rings. The Morgan fingerprint density at radius 1 is 0.818 bits per heavy atom. The molecule has 0 aliphatic heterocycles. The molecule has 0 bridgehead atoms. The lowest BCUT2D eigenvalue weighted by Gasteiger charge is -2.33. The highest BCUT2D eigenvalue weighted by molar-refractivity contribution is 5.99. The van der Waals surface area contributed by atoms with Gasteiger partial charge in [0, 0.05) is 23.7 Å². The molecule has 0 heterocycles. The van der Waals surface area contributed by atoms with Crippen molar-refractivity contribution in [1.29, 1.82) is 0 Å². The minimum Gasteiger partial charge on any atom is -0.492 e. The molecule has 3 unspecified atom stereocenters. The standard InChI is InChI=1S/C39H50O5/c1-10-39(8,9)44-35-22-16-31(24-26(35)3)27(4)30-15-21-34(25(2)23-30)43-37(41)29-13-19-33(20-14-29)42-32-17-11-28(12-18-32)36(40)38(5,6)7/h11,13-17,19-22,25-27H,10,12,18,23-24H2,1-9H3. The Bertz CT molecular complexity index is 1440. The van der Waals surface area contributed by atoms with Crippen LogP contribution < -0.4 is 4.74 Å². The number of hydrogen-bond donors (Lipinski definition) is 0. The molecule has 0 amide bonds. The number of ether oxygens (including phenoxy) is 3. The summed E-state index contributed by atoms with van der Waals surface area (Å²) in [6.45, 7) is 18.9. The lowest BCUT2D eigenvalue weighted by atomic mass is 9.79. The van der Waals surface area contributed by atoms with Gasteiger partial charge in [0.05, 0.1) is 11.3 Å². The van der Waals surface area contributed by atoms with Gasteiger partial charge in [0.1, 0.15) is 22.9 Å². The predicted octanol–water partition coefficient (Wildman–Crippen LogP) is 9.98. The van der Waals surface area contributed by atoms with Crippen molar-refractivity contribution in [1.82, 2.24) is 0 Å². The molecule has 5 heteroatoms. The van der Waals surface area contributed by atoms with Gasteiger partial charge in [0.15, 0.2) is 5.78 Å². The molecule has 1 aromatic rings. The van der Waals surface area contributed by atoms with E-state index in [2.05, 4.69) is 59.8 Å². The SMILES string of the molecule is CCC(C)(C)OC1=CC=C(C(C)C2=CC=C(OC(=O)c3ccc(OC4=CC=C(C(=O)C(C)(C)C)CC4)cc3)C(C)C2)CC1C. The number of allylic oxidation sites excluding steroid dienone is 12. The Balaban J connectivity index is 1.35. The van der Waals surface area contributed by atoms with Crippen LogP contribution in [-0.2, 0) is 14.3 Å². The van der Waals surface area contributed by atoms with Gasteiger partial charge < -0.3 is 14.2 Å². The van der Waals surface area contributed by atoms with Crippen molar-refractivity contribution in [2.45, 2.75) is 100 Å². The van der Waals surface area contributed by atoms with Crippen molar-refractivity contribution in [2.24, 2.45) is 23.2 Å². The van der Waals surface area contributed by atoms with Crippen molar-refractivity contribution < 1.29 is 23.8 Å². The fourth-order valence-corrected chi connectivity index (χ4v) is 5.64. The number of benzene rings is 1. The van der Waals surface area contributed by atoms with Crippen molar-refractivity contribution >= 4 is 11.8 Å². The fraction of sp³-hybridized carbons (Fsp3) is 0.487. The molecular weight excluding hydrogens is 548 g/mol. The van der Waals surface area contributed by atoms with Gasteiger partial charge in [-0.15, -0.1) is 0 Å². The van der Waals surface area contributed by atoms with Crippen LogP contribution in [0.4, 0.5) is 0 Å². The van der Waals surface area contributed by atoms with Gasteiger partial charge in [0.2, 0.25) is 0 Å². The third-order valence-electron chi connectivity index (χ3n) is 8.97. The van der Waals surface area contributed by atoms with E-state index in [9.17, 15) is 9.59 Å². The summed E-state index contributed by atoms with van der Waals surface area (Å²) in [6.07, 6.45) is 16.3. The van der Waals surface area contributed by atoms with Crippen LogP contribution in [0.3, 0.4) is 0 Å². The first-order chi connectivity index (χ1) is 20.7. The molecule has 0 radical (unpaired) electrons. The van der Waals surface area contributed by atoms with Crippen molar-refractivity contribution in [3.8, 4) is 5.75 Å². The molecule has 5 nitrogen and oxygen atoms in total. The summed E-state index contributed by atoms with van der Waals surface area (Å²) in [7, 11) is 0. The van der Waals surface area contributed by atoms with Crippen LogP contribution >= 0.6 is 0 Å². The Kier molecular flexibility index (Phi) is 10.3. The highest BCUT2D eigenvalue weighted by Crippen LogP contribution is 2.39. The molecule has 3 atom stereocenters. The van der Waals surface area contributed by atoms with Crippen LogP contribution in [0, 0.1) is 23.2 Å². The van der Waals surface area contributed by atoms with Crippen molar-refractivity contribution in [3.05, 3.63) is 100 Å². The Morgan fingerprint density at radius 3 is 1.91 bits per heavy atom. The third kappa shape index (κ3) is 8.31. The zero-order valence-corrected chi connectivity index (χ0v) is 28.1. The summed E-state index contributed by atoms with van der Waals surface area (Å²) in [5, 5.41) is 0. The average Bonchev–Trinajstić information content (AvgIpc) is 2.98. The van der Waals surface area contributed by atoms with Gasteiger partial charge in [-0.25, -0.2) is 4.79 Å². The number of hydrogen-bond acceptors (Lipinski definition) is 5. The third-order valence-corrected chi connectivity index (χ3v) is 8.97. The first kappa shape index (κ1) is 33.3. The maximum atomic E-state index is 13.0. The zero-order valence-electron chi connectivity index (χ0n) is 28.1. The summed E-state index contributed by atoms with van der Waals surface area (Å²) >= 11 is 0. The number of rotatable bonds is 10. The van der Waals surface area contributed by atoms with Crippen LogP contribution in [0.15, 0.2) is 94.7 Å². The second-order valence-corrected chi connectivity index (χ2v) is 14.2. The topological polar surface area (TPSA) is 61.8 Å². The average molecular weight is 599 g/mol. The number of esters is 1. The largest absolute Gasteiger partial charge is 0.492 e. The van der Waals surface area contributed by atoms with Gasteiger partial charge in [-0.2, -0.15) is 0 Å². The Morgan fingerprint density at radius 2 is 1.41 bits per heavy atom.